The van der Waals surface area contributed by atoms with Gasteiger partial charge in [0.05, 0.1) is 10.7 Å². The summed E-state index contributed by atoms with van der Waals surface area (Å²) in [5.74, 6) is -0.512. The van der Waals surface area contributed by atoms with Crippen LogP contribution in [0.4, 0.5) is 8.78 Å². The van der Waals surface area contributed by atoms with Crippen LogP contribution in [0, 0.1) is 18.6 Å². The lowest BCUT2D eigenvalue weighted by molar-refractivity contribution is 0.0955. The molecule has 28 heavy (non-hydrogen) atoms. The van der Waals surface area contributed by atoms with E-state index >= 15 is 0 Å². The van der Waals surface area contributed by atoms with E-state index in [1.807, 2.05) is 0 Å². The number of fused-ring (bicyclic) bond motifs is 1. The fourth-order valence-electron chi connectivity index (χ4n) is 2.94. The number of halogens is 3. The summed E-state index contributed by atoms with van der Waals surface area (Å²) in [6.45, 7) is 1.92. The first-order valence-corrected chi connectivity index (χ1v) is 9.58. The number of nitrogens with zero attached hydrogens (tertiary/aromatic N) is 2. The van der Waals surface area contributed by atoms with Crippen molar-refractivity contribution in [3.8, 4) is 5.69 Å². The summed E-state index contributed by atoms with van der Waals surface area (Å²) in [7, 11) is 0. The van der Waals surface area contributed by atoms with Gasteiger partial charge in [-0.15, -0.1) is 11.3 Å². The highest BCUT2D eigenvalue weighted by Gasteiger charge is 2.17. The van der Waals surface area contributed by atoms with Crippen molar-refractivity contribution < 1.29 is 13.6 Å². The van der Waals surface area contributed by atoms with E-state index in [1.165, 1.54) is 18.2 Å². The van der Waals surface area contributed by atoms with Gasteiger partial charge in [-0.05, 0) is 42.8 Å². The van der Waals surface area contributed by atoms with Crippen molar-refractivity contribution >= 4 is 38.9 Å². The molecule has 1 amide bonds. The zero-order chi connectivity index (χ0) is 19.8. The summed E-state index contributed by atoms with van der Waals surface area (Å²) in [5, 5.41) is 3.65. The second-order valence-electron chi connectivity index (χ2n) is 6.20. The zero-order valence-electron chi connectivity index (χ0n) is 14.7. The van der Waals surface area contributed by atoms with E-state index in [2.05, 4.69) is 10.3 Å². The van der Waals surface area contributed by atoms with Gasteiger partial charge in [0.25, 0.3) is 5.91 Å². The van der Waals surface area contributed by atoms with E-state index < -0.39 is 5.82 Å². The number of aryl methyl sites for hydroxylation is 1. The molecule has 0 saturated heterocycles. The van der Waals surface area contributed by atoms with Crippen LogP contribution in [0.1, 0.15) is 21.1 Å². The molecule has 0 aliphatic heterocycles. The number of thiophene rings is 1. The highest BCUT2D eigenvalue weighted by Crippen LogP contribution is 2.35. The predicted molar refractivity (Wildman–Crippen MR) is 106 cm³/mol. The van der Waals surface area contributed by atoms with Crippen LogP contribution in [-0.4, -0.2) is 15.5 Å². The molecule has 8 heteroatoms. The van der Waals surface area contributed by atoms with Crippen molar-refractivity contribution in [3.63, 3.8) is 0 Å². The van der Waals surface area contributed by atoms with Crippen molar-refractivity contribution in [3.05, 3.63) is 81.7 Å². The molecular weight excluding hydrogens is 404 g/mol. The Morgan fingerprint density at radius 1 is 1.25 bits per heavy atom. The minimum Gasteiger partial charge on any atom is -0.347 e. The largest absolute Gasteiger partial charge is 0.347 e. The average Bonchev–Trinajstić information content (AvgIpc) is 3.23. The van der Waals surface area contributed by atoms with Gasteiger partial charge in [0, 0.05) is 29.0 Å². The molecule has 4 aromatic rings. The van der Waals surface area contributed by atoms with E-state index in [0.29, 0.717) is 32.0 Å². The van der Waals surface area contributed by atoms with Crippen LogP contribution in [0.25, 0.3) is 15.8 Å². The molecule has 2 heterocycles. The highest BCUT2D eigenvalue weighted by atomic mass is 35.5. The van der Waals surface area contributed by atoms with Gasteiger partial charge < -0.3 is 9.88 Å². The Labute approximate surface area is 168 Å². The van der Waals surface area contributed by atoms with Crippen LogP contribution < -0.4 is 5.32 Å². The first kappa shape index (κ1) is 18.6. The van der Waals surface area contributed by atoms with Gasteiger partial charge in [0.15, 0.2) is 0 Å². The molecule has 0 aliphatic carbocycles. The molecule has 0 atom stereocenters. The molecule has 0 saturated carbocycles. The van der Waals surface area contributed by atoms with Gasteiger partial charge in [-0.2, -0.15) is 0 Å². The lowest BCUT2D eigenvalue weighted by Gasteiger charge is -2.09. The van der Waals surface area contributed by atoms with Gasteiger partial charge in [0.2, 0.25) is 0 Å². The molecule has 0 bridgehead atoms. The van der Waals surface area contributed by atoms with Crippen molar-refractivity contribution in [2.75, 3.05) is 0 Å². The number of carbonyl (C=O) groups excluding carboxylic acids is 1. The minimum absolute atomic E-state index is 0.137. The Balaban J connectivity index is 1.52. The molecule has 142 valence electrons. The topological polar surface area (TPSA) is 46.9 Å². The van der Waals surface area contributed by atoms with Gasteiger partial charge in [0.1, 0.15) is 22.3 Å². The summed E-state index contributed by atoms with van der Waals surface area (Å²) >= 11 is 7.38. The third-order valence-electron chi connectivity index (χ3n) is 4.35. The Bertz CT molecular complexity index is 1200. The van der Waals surface area contributed by atoms with Gasteiger partial charge in [-0.1, -0.05) is 17.7 Å². The second-order valence-corrected chi connectivity index (χ2v) is 7.63. The second kappa shape index (κ2) is 7.33. The number of hydrogen-bond donors (Lipinski definition) is 1. The van der Waals surface area contributed by atoms with Crippen LogP contribution in [0.2, 0.25) is 5.02 Å². The molecule has 1 N–H and O–H groups in total. The number of rotatable bonds is 4. The number of amides is 1. The lowest BCUT2D eigenvalue weighted by atomic mass is 10.2. The average molecular weight is 418 g/mol. The van der Waals surface area contributed by atoms with Crippen molar-refractivity contribution in [1.29, 1.82) is 0 Å². The Hall–Kier alpha value is -2.77. The molecule has 4 nitrogen and oxygen atoms in total. The monoisotopic (exact) mass is 417 g/mol. The lowest BCUT2D eigenvalue weighted by Crippen LogP contribution is -2.22. The highest BCUT2D eigenvalue weighted by molar-refractivity contribution is 7.21. The van der Waals surface area contributed by atoms with Gasteiger partial charge in [-0.25, -0.2) is 13.8 Å². The number of imidazole rings is 1. The smallest absolute Gasteiger partial charge is 0.263 e. The van der Waals surface area contributed by atoms with Crippen LogP contribution in [0.5, 0.6) is 0 Å². The van der Waals surface area contributed by atoms with Crippen LogP contribution in [0.15, 0.2) is 48.8 Å². The first-order chi connectivity index (χ1) is 13.4. The summed E-state index contributed by atoms with van der Waals surface area (Å²) in [5.41, 5.74) is 0.996. The maximum Gasteiger partial charge on any atom is 0.263 e. The van der Waals surface area contributed by atoms with E-state index in [-0.39, 0.29) is 23.3 Å². The number of hydrogen-bond acceptors (Lipinski definition) is 3. The van der Waals surface area contributed by atoms with Crippen molar-refractivity contribution in [1.82, 2.24) is 14.9 Å². The summed E-state index contributed by atoms with van der Waals surface area (Å²) < 4.78 is 30.1. The number of aromatic nitrogens is 2. The SMILES string of the molecule is Cc1nccn1-c1ccc(CNC(=O)c2sc3cc(F)ccc3c2Cl)cc1F. The maximum absolute atomic E-state index is 14.5. The third-order valence-corrected chi connectivity index (χ3v) is 6.00. The number of carbonyl (C=O) groups is 1. The molecule has 0 fully saturated rings. The molecule has 0 spiro atoms. The van der Waals surface area contributed by atoms with Crippen molar-refractivity contribution in [2.24, 2.45) is 0 Å². The fraction of sp³-hybridized carbons (Fsp3) is 0.100. The normalized spacial score (nSPS) is 11.1. The molecular formula is C20H14ClF2N3OS. The first-order valence-electron chi connectivity index (χ1n) is 8.38. The van der Waals surface area contributed by atoms with Crippen LogP contribution >= 0.6 is 22.9 Å². The summed E-state index contributed by atoms with van der Waals surface area (Å²) in [6, 6.07) is 8.94. The Morgan fingerprint density at radius 2 is 2.07 bits per heavy atom. The van der Waals surface area contributed by atoms with E-state index in [0.717, 1.165) is 11.3 Å². The minimum atomic E-state index is -0.414. The van der Waals surface area contributed by atoms with Crippen LogP contribution in [-0.2, 0) is 6.54 Å². The molecule has 2 aromatic carbocycles. The molecule has 4 rings (SSSR count). The van der Waals surface area contributed by atoms with Gasteiger partial charge >= 0.3 is 0 Å². The fourth-order valence-corrected chi connectivity index (χ4v) is 4.39. The van der Waals surface area contributed by atoms with E-state index in [9.17, 15) is 13.6 Å². The maximum atomic E-state index is 14.5. The molecule has 0 radical (unpaired) electrons. The van der Waals surface area contributed by atoms with Crippen molar-refractivity contribution in [2.45, 2.75) is 13.5 Å². The Kier molecular flexibility index (Phi) is 4.87. The van der Waals surface area contributed by atoms with E-state index in [4.69, 9.17) is 11.6 Å². The predicted octanol–water partition coefficient (Wildman–Crippen LogP) is 5.26. The quantitative estimate of drug-likeness (QED) is 0.492. The van der Waals surface area contributed by atoms with Gasteiger partial charge in [-0.3, -0.25) is 4.79 Å². The summed E-state index contributed by atoms with van der Waals surface area (Å²) in [4.78, 5) is 16.9. The number of benzene rings is 2. The van der Waals surface area contributed by atoms with Crippen LogP contribution in [0.3, 0.4) is 0 Å². The molecule has 0 unspecified atom stereocenters. The standard InChI is InChI=1S/C20H14ClF2N3OS/c1-11-24-6-7-26(11)16-5-2-12(8-15(16)23)10-25-20(27)19-18(21)14-4-3-13(22)9-17(14)28-19/h2-9H,10H2,1H3,(H,25,27). The van der Waals surface area contributed by atoms with E-state index in [1.54, 1.807) is 42.1 Å². The third kappa shape index (κ3) is 3.39. The Morgan fingerprint density at radius 3 is 2.79 bits per heavy atom. The summed E-state index contributed by atoms with van der Waals surface area (Å²) in [6.07, 6.45) is 3.28. The zero-order valence-corrected chi connectivity index (χ0v) is 16.2. The number of nitrogens with one attached hydrogen (secondary N) is 1. The molecule has 0 aliphatic rings. The molecule has 2 aromatic heterocycles.